The van der Waals surface area contributed by atoms with Crippen LogP contribution in [0.4, 0.5) is 0 Å². The van der Waals surface area contributed by atoms with Crippen LogP contribution in [-0.4, -0.2) is 18.5 Å². The molecule has 0 saturated heterocycles. The van der Waals surface area contributed by atoms with E-state index in [0.717, 1.165) is 11.1 Å². The van der Waals surface area contributed by atoms with E-state index in [0.29, 0.717) is 0 Å². The van der Waals surface area contributed by atoms with Gasteiger partial charge in [-0.25, -0.2) is 0 Å². The van der Waals surface area contributed by atoms with Crippen molar-refractivity contribution in [2.75, 3.05) is 6.61 Å². The Morgan fingerprint density at radius 3 is 1.91 bits per heavy atom. The minimum Gasteiger partial charge on any atom is -0.465 e. The highest BCUT2D eigenvalue weighted by Crippen LogP contribution is 2.35. The second kappa shape index (κ2) is 8.13. The molecule has 0 aliphatic heterocycles. The number of hydrogen-bond acceptors (Lipinski definition) is 4. The minimum absolute atomic E-state index is 0.268. The van der Waals surface area contributed by atoms with Gasteiger partial charge in [0, 0.05) is 6.92 Å². The van der Waals surface area contributed by atoms with Gasteiger partial charge in [-0.15, -0.1) is 0 Å². The van der Waals surface area contributed by atoms with Crippen LogP contribution in [0.15, 0.2) is 60.7 Å². The zero-order valence-corrected chi connectivity index (χ0v) is 13.3. The molecule has 2 rings (SSSR count). The van der Waals surface area contributed by atoms with Crippen molar-refractivity contribution < 1.29 is 19.1 Å². The van der Waals surface area contributed by atoms with Gasteiger partial charge in [-0.1, -0.05) is 60.7 Å². The molecule has 0 amide bonds. The molecule has 0 spiro atoms. The Morgan fingerprint density at radius 2 is 1.43 bits per heavy atom. The summed E-state index contributed by atoms with van der Waals surface area (Å²) in [5, 5.41) is 0. The largest absolute Gasteiger partial charge is 0.465 e. The molecule has 0 saturated carbocycles. The average molecular weight is 312 g/mol. The van der Waals surface area contributed by atoms with Gasteiger partial charge >= 0.3 is 11.9 Å². The summed E-state index contributed by atoms with van der Waals surface area (Å²) >= 11 is 0. The molecule has 2 aromatic rings. The van der Waals surface area contributed by atoms with Crippen LogP contribution in [0.2, 0.25) is 0 Å². The first-order valence-electron chi connectivity index (χ1n) is 7.57. The number of benzene rings is 2. The van der Waals surface area contributed by atoms with Gasteiger partial charge in [0.1, 0.15) is 12.0 Å². The van der Waals surface area contributed by atoms with E-state index in [4.69, 9.17) is 9.47 Å². The Balaban J connectivity index is 2.47. The van der Waals surface area contributed by atoms with Crippen LogP contribution in [0.25, 0.3) is 0 Å². The van der Waals surface area contributed by atoms with E-state index < -0.39 is 24.0 Å². The summed E-state index contributed by atoms with van der Waals surface area (Å²) in [6.45, 7) is 3.36. The number of carbonyl (C=O) groups is 2. The molecule has 4 nitrogen and oxygen atoms in total. The van der Waals surface area contributed by atoms with Gasteiger partial charge in [-0.05, 0) is 18.1 Å². The fourth-order valence-corrected chi connectivity index (χ4v) is 2.48. The molecule has 0 heterocycles. The highest BCUT2D eigenvalue weighted by molar-refractivity contribution is 5.80. The highest BCUT2D eigenvalue weighted by Gasteiger charge is 2.34. The molecule has 0 aromatic heterocycles. The van der Waals surface area contributed by atoms with Crippen LogP contribution in [0.5, 0.6) is 0 Å². The molecule has 23 heavy (non-hydrogen) atoms. The van der Waals surface area contributed by atoms with Crippen LogP contribution >= 0.6 is 0 Å². The van der Waals surface area contributed by atoms with E-state index in [1.807, 2.05) is 60.7 Å². The van der Waals surface area contributed by atoms with Crippen LogP contribution in [-0.2, 0) is 19.1 Å². The second-order valence-electron chi connectivity index (χ2n) is 5.08. The fraction of sp³-hybridized carbons (Fsp3) is 0.263. The lowest BCUT2D eigenvalue weighted by Gasteiger charge is -2.26. The third kappa shape index (κ3) is 4.42. The van der Waals surface area contributed by atoms with Crippen molar-refractivity contribution in [2.45, 2.75) is 25.9 Å². The van der Waals surface area contributed by atoms with Crippen molar-refractivity contribution in [3.8, 4) is 0 Å². The molecular weight excluding hydrogens is 292 g/mol. The molecule has 0 unspecified atom stereocenters. The maximum atomic E-state index is 12.5. The van der Waals surface area contributed by atoms with Crippen LogP contribution in [0, 0.1) is 0 Å². The maximum absolute atomic E-state index is 12.5. The summed E-state index contributed by atoms with van der Waals surface area (Å²) in [6.07, 6.45) is -0.727. The van der Waals surface area contributed by atoms with Crippen molar-refractivity contribution in [3.63, 3.8) is 0 Å². The Morgan fingerprint density at radius 1 is 0.913 bits per heavy atom. The summed E-state index contributed by atoms with van der Waals surface area (Å²) in [4.78, 5) is 24.1. The number of esters is 2. The monoisotopic (exact) mass is 312 g/mol. The summed E-state index contributed by atoms with van der Waals surface area (Å²) in [6, 6.07) is 18.5. The van der Waals surface area contributed by atoms with E-state index >= 15 is 0 Å². The summed E-state index contributed by atoms with van der Waals surface area (Å²) in [7, 11) is 0. The van der Waals surface area contributed by atoms with E-state index in [2.05, 4.69) is 0 Å². The van der Waals surface area contributed by atoms with Gasteiger partial charge in [0.2, 0.25) is 0 Å². The van der Waals surface area contributed by atoms with E-state index in [1.54, 1.807) is 6.92 Å². The van der Waals surface area contributed by atoms with E-state index in [9.17, 15) is 9.59 Å². The summed E-state index contributed by atoms with van der Waals surface area (Å²) in [5.74, 6) is -1.56. The molecule has 0 aliphatic rings. The third-order valence-electron chi connectivity index (χ3n) is 3.42. The van der Waals surface area contributed by atoms with Crippen molar-refractivity contribution in [1.29, 1.82) is 0 Å². The summed E-state index contributed by atoms with van der Waals surface area (Å²) in [5.41, 5.74) is 1.51. The van der Waals surface area contributed by atoms with Crippen molar-refractivity contribution >= 4 is 11.9 Å². The van der Waals surface area contributed by atoms with E-state index in [1.165, 1.54) is 6.92 Å². The number of ether oxygens (including phenoxy) is 2. The maximum Gasteiger partial charge on any atom is 0.317 e. The van der Waals surface area contributed by atoms with Gasteiger partial charge in [0.25, 0.3) is 0 Å². The predicted molar refractivity (Wildman–Crippen MR) is 86.8 cm³/mol. The zero-order valence-electron chi connectivity index (χ0n) is 13.3. The molecule has 120 valence electrons. The minimum atomic E-state index is -0.727. The van der Waals surface area contributed by atoms with Crippen LogP contribution in [0.1, 0.15) is 37.0 Å². The topological polar surface area (TPSA) is 52.6 Å². The predicted octanol–water partition coefficient (Wildman–Crippen LogP) is 3.64. The fourth-order valence-electron chi connectivity index (χ4n) is 2.48. The lowest BCUT2D eigenvalue weighted by atomic mass is 9.89. The van der Waals surface area contributed by atoms with Gasteiger partial charge in [0.05, 0.1) is 6.61 Å². The van der Waals surface area contributed by atoms with Crippen molar-refractivity contribution in [2.24, 2.45) is 0 Å². The standard InChI is InChI=1S/C19H20O4/c1-3-22-19(21)17(15-10-6-4-7-11-15)18(23-14(2)20)16-12-8-5-9-13-16/h4-13,17-18H,3H2,1-2H3/t17-,18+/m0/s1. The van der Waals surface area contributed by atoms with Crippen molar-refractivity contribution in [3.05, 3.63) is 71.8 Å². The highest BCUT2D eigenvalue weighted by atomic mass is 16.6. The smallest absolute Gasteiger partial charge is 0.317 e. The van der Waals surface area contributed by atoms with Crippen molar-refractivity contribution in [1.82, 2.24) is 0 Å². The Kier molecular flexibility index (Phi) is 5.92. The third-order valence-corrected chi connectivity index (χ3v) is 3.42. The van der Waals surface area contributed by atoms with Crippen LogP contribution < -0.4 is 0 Å². The molecule has 0 bridgehead atoms. The lowest BCUT2D eigenvalue weighted by molar-refractivity contribution is -0.156. The lowest BCUT2D eigenvalue weighted by Crippen LogP contribution is -2.26. The summed E-state index contributed by atoms with van der Waals surface area (Å²) < 4.78 is 10.7. The molecule has 0 radical (unpaired) electrons. The van der Waals surface area contributed by atoms with Gasteiger partial charge in [0.15, 0.2) is 0 Å². The van der Waals surface area contributed by atoms with Gasteiger partial charge in [-0.2, -0.15) is 0 Å². The first-order valence-corrected chi connectivity index (χ1v) is 7.57. The quantitative estimate of drug-likeness (QED) is 0.764. The zero-order chi connectivity index (χ0) is 16.7. The van der Waals surface area contributed by atoms with Gasteiger partial charge in [-0.3, -0.25) is 9.59 Å². The molecule has 0 N–H and O–H groups in total. The average Bonchev–Trinajstić information content (AvgIpc) is 2.56. The molecule has 4 heteroatoms. The molecule has 0 aliphatic carbocycles. The number of rotatable bonds is 6. The first-order chi connectivity index (χ1) is 11.1. The number of carbonyl (C=O) groups excluding carboxylic acids is 2. The molecular formula is C19H20O4. The van der Waals surface area contributed by atoms with Gasteiger partial charge < -0.3 is 9.47 Å². The Labute approximate surface area is 136 Å². The SMILES string of the molecule is CCOC(=O)[C@@H](c1ccccc1)[C@H](OC(C)=O)c1ccccc1. The number of hydrogen-bond donors (Lipinski definition) is 0. The normalized spacial score (nSPS) is 13.0. The molecule has 2 aromatic carbocycles. The Hall–Kier alpha value is -2.62. The first kappa shape index (κ1) is 16.7. The molecule has 0 fully saturated rings. The van der Waals surface area contributed by atoms with Crippen LogP contribution in [0.3, 0.4) is 0 Å². The second-order valence-corrected chi connectivity index (χ2v) is 5.08. The van der Waals surface area contributed by atoms with E-state index in [-0.39, 0.29) is 6.61 Å². The Bertz CT molecular complexity index is 637. The molecule has 2 atom stereocenters.